The Morgan fingerprint density at radius 2 is 0.980 bits per heavy atom. The molecule has 0 amide bonds. The van der Waals surface area contributed by atoms with Gasteiger partial charge in [-0.1, -0.05) is 127 Å². The average molecular weight is 643 g/mol. The van der Waals surface area contributed by atoms with E-state index in [0.29, 0.717) is 0 Å². The summed E-state index contributed by atoms with van der Waals surface area (Å²) in [4.78, 5) is 2.45. The molecule has 0 saturated heterocycles. The van der Waals surface area contributed by atoms with Crippen molar-refractivity contribution in [3.63, 3.8) is 0 Å². The molecule has 0 aliphatic rings. The molecule has 0 bridgehead atoms. The number of thiophene rings is 1. The van der Waals surface area contributed by atoms with Crippen LogP contribution in [0.4, 0.5) is 17.1 Å². The maximum Gasteiger partial charge on any atom is 0.0555 e. The van der Waals surface area contributed by atoms with E-state index >= 15 is 0 Å². The molecular formula is C46H30N2S. The lowest BCUT2D eigenvalue weighted by Gasteiger charge is -2.28. The van der Waals surface area contributed by atoms with Crippen molar-refractivity contribution in [3.8, 4) is 16.8 Å². The van der Waals surface area contributed by atoms with Crippen molar-refractivity contribution >= 4 is 81.1 Å². The van der Waals surface area contributed by atoms with Gasteiger partial charge in [0, 0.05) is 47.6 Å². The molecule has 2 heterocycles. The number of para-hydroxylation sites is 3. The molecule has 0 radical (unpaired) electrons. The molecule has 0 unspecified atom stereocenters. The molecule has 0 aliphatic carbocycles. The van der Waals surface area contributed by atoms with Crippen LogP contribution in [0.1, 0.15) is 0 Å². The van der Waals surface area contributed by atoms with Crippen molar-refractivity contribution in [3.05, 3.63) is 182 Å². The summed E-state index contributed by atoms with van der Waals surface area (Å²) in [6.07, 6.45) is 0. The first-order valence-electron chi connectivity index (χ1n) is 16.7. The molecule has 0 atom stereocenters. The van der Waals surface area contributed by atoms with E-state index in [1.165, 1.54) is 80.9 Å². The number of hydrogen-bond acceptors (Lipinski definition) is 2. The van der Waals surface area contributed by atoms with Crippen LogP contribution in [0, 0.1) is 0 Å². The van der Waals surface area contributed by atoms with E-state index in [1.54, 1.807) is 0 Å². The van der Waals surface area contributed by atoms with Gasteiger partial charge in [0.25, 0.3) is 0 Å². The van der Waals surface area contributed by atoms with Crippen LogP contribution in [0.3, 0.4) is 0 Å². The lowest BCUT2D eigenvalue weighted by molar-refractivity contribution is 1.18. The van der Waals surface area contributed by atoms with Crippen LogP contribution in [-0.4, -0.2) is 4.57 Å². The Labute approximate surface area is 288 Å². The van der Waals surface area contributed by atoms with Gasteiger partial charge in [0.15, 0.2) is 0 Å². The number of fused-ring (bicyclic) bond motifs is 7. The Kier molecular flexibility index (Phi) is 6.39. The molecule has 2 nitrogen and oxygen atoms in total. The van der Waals surface area contributed by atoms with Gasteiger partial charge in [0.1, 0.15) is 0 Å². The minimum absolute atomic E-state index is 1.12. The lowest BCUT2D eigenvalue weighted by atomic mass is 10.0. The third-order valence-electron chi connectivity index (χ3n) is 9.79. The zero-order chi connectivity index (χ0) is 32.3. The van der Waals surface area contributed by atoms with Crippen molar-refractivity contribution < 1.29 is 0 Å². The van der Waals surface area contributed by atoms with Gasteiger partial charge in [-0.2, -0.15) is 0 Å². The van der Waals surface area contributed by atoms with Crippen LogP contribution in [0.15, 0.2) is 182 Å². The van der Waals surface area contributed by atoms with E-state index < -0.39 is 0 Å². The number of hydrogen-bond donors (Lipinski definition) is 0. The second kappa shape index (κ2) is 11.2. The fraction of sp³-hybridized carbons (Fsp3) is 0. The SMILES string of the molecule is c1ccc(-n2c3ccccc3c3ccccc32)c(-c2ccc(N(c3cccc4ccccc34)c3cccc4sc5ccccc5c34)cc2)c1. The van der Waals surface area contributed by atoms with E-state index in [0.717, 1.165) is 5.69 Å². The zero-order valence-electron chi connectivity index (χ0n) is 26.6. The standard InChI is InChI=1S/C46H30N2S/c1-2-15-34-31(13-1)14-11-23-39(34)47(43-24-12-26-45-46(43)38-19-6-10-25-44(38)49-45)33-29-27-32(28-30-33)35-16-3-7-20-40(35)48-41-21-8-4-17-36(41)37-18-5-9-22-42(37)48/h1-30H. The third kappa shape index (κ3) is 4.40. The van der Waals surface area contributed by atoms with Crippen LogP contribution < -0.4 is 4.90 Å². The van der Waals surface area contributed by atoms with E-state index in [9.17, 15) is 0 Å². The number of aromatic nitrogens is 1. The van der Waals surface area contributed by atoms with Gasteiger partial charge in [-0.15, -0.1) is 11.3 Å². The number of anilines is 3. The first-order valence-corrected chi connectivity index (χ1v) is 17.5. The summed E-state index contributed by atoms with van der Waals surface area (Å²) in [6, 6.07) is 66.2. The Morgan fingerprint density at radius 1 is 0.408 bits per heavy atom. The van der Waals surface area contributed by atoms with Crippen molar-refractivity contribution in [1.82, 2.24) is 4.57 Å². The highest BCUT2D eigenvalue weighted by Gasteiger charge is 2.21. The van der Waals surface area contributed by atoms with Crippen LogP contribution in [0.2, 0.25) is 0 Å². The molecule has 0 N–H and O–H groups in total. The minimum Gasteiger partial charge on any atom is -0.309 e. The second-order valence-electron chi connectivity index (χ2n) is 12.5. The summed E-state index contributed by atoms with van der Waals surface area (Å²) in [5.41, 5.74) is 9.45. The van der Waals surface area contributed by atoms with Crippen LogP contribution in [0.25, 0.3) is 69.6 Å². The summed E-state index contributed by atoms with van der Waals surface area (Å²) < 4.78 is 5.01. The summed E-state index contributed by atoms with van der Waals surface area (Å²) in [5, 5.41) is 7.57. The van der Waals surface area contributed by atoms with E-state index in [2.05, 4.69) is 191 Å². The quantitative estimate of drug-likeness (QED) is 0.181. The minimum atomic E-state index is 1.12. The van der Waals surface area contributed by atoms with Crippen molar-refractivity contribution in [2.45, 2.75) is 0 Å². The Hall–Kier alpha value is -6.16. The highest BCUT2D eigenvalue weighted by molar-refractivity contribution is 7.26. The number of nitrogens with zero attached hydrogens (tertiary/aromatic N) is 2. The fourth-order valence-corrected chi connectivity index (χ4v) is 8.77. The van der Waals surface area contributed by atoms with Crippen LogP contribution >= 0.6 is 11.3 Å². The molecule has 49 heavy (non-hydrogen) atoms. The van der Waals surface area contributed by atoms with Crippen molar-refractivity contribution in [2.24, 2.45) is 0 Å². The van der Waals surface area contributed by atoms with Crippen LogP contribution in [-0.2, 0) is 0 Å². The predicted molar refractivity (Wildman–Crippen MR) is 211 cm³/mol. The first kappa shape index (κ1) is 27.9. The van der Waals surface area contributed by atoms with Gasteiger partial charge in [0.05, 0.1) is 28.1 Å². The molecule has 3 heteroatoms. The van der Waals surface area contributed by atoms with Gasteiger partial charge >= 0.3 is 0 Å². The molecule has 10 aromatic rings. The molecule has 0 saturated carbocycles. The Bertz CT molecular complexity index is 2780. The number of rotatable bonds is 5. The highest BCUT2D eigenvalue weighted by atomic mass is 32.1. The van der Waals surface area contributed by atoms with Crippen molar-refractivity contribution in [2.75, 3.05) is 4.90 Å². The molecule has 8 aromatic carbocycles. The molecule has 230 valence electrons. The van der Waals surface area contributed by atoms with E-state index in [-0.39, 0.29) is 0 Å². The van der Waals surface area contributed by atoms with Crippen LogP contribution in [0.5, 0.6) is 0 Å². The molecule has 10 rings (SSSR count). The summed E-state index contributed by atoms with van der Waals surface area (Å²) in [7, 11) is 0. The molecule has 0 spiro atoms. The van der Waals surface area contributed by atoms with E-state index in [4.69, 9.17) is 0 Å². The Morgan fingerprint density at radius 3 is 1.78 bits per heavy atom. The zero-order valence-corrected chi connectivity index (χ0v) is 27.4. The maximum atomic E-state index is 2.45. The first-order chi connectivity index (χ1) is 24.3. The molecule has 0 fully saturated rings. The Balaban J connectivity index is 1.18. The predicted octanol–water partition coefficient (Wildman–Crippen LogP) is 13.4. The average Bonchev–Trinajstić information content (AvgIpc) is 3.72. The lowest BCUT2D eigenvalue weighted by Crippen LogP contribution is -2.11. The van der Waals surface area contributed by atoms with Gasteiger partial charge in [0.2, 0.25) is 0 Å². The maximum absolute atomic E-state index is 2.45. The normalized spacial score (nSPS) is 11.7. The van der Waals surface area contributed by atoms with E-state index in [1.807, 2.05) is 11.3 Å². The summed E-state index contributed by atoms with van der Waals surface area (Å²) in [6.45, 7) is 0. The van der Waals surface area contributed by atoms with Gasteiger partial charge in [-0.3, -0.25) is 0 Å². The smallest absolute Gasteiger partial charge is 0.0555 e. The number of benzene rings is 8. The van der Waals surface area contributed by atoms with Gasteiger partial charge in [-0.25, -0.2) is 0 Å². The third-order valence-corrected chi connectivity index (χ3v) is 10.9. The highest BCUT2D eigenvalue weighted by Crippen LogP contribution is 2.47. The van der Waals surface area contributed by atoms with Crippen molar-refractivity contribution in [1.29, 1.82) is 0 Å². The topological polar surface area (TPSA) is 8.17 Å². The van der Waals surface area contributed by atoms with Gasteiger partial charge < -0.3 is 9.47 Å². The summed E-state index contributed by atoms with van der Waals surface area (Å²) >= 11 is 1.86. The molecule has 0 aliphatic heterocycles. The summed E-state index contributed by atoms with van der Waals surface area (Å²) in [5.74, 6) is 0. The molecular weight excluding hydrogens is 613 g/mol. The fourth-order valence-electron chi connectivity index (χ4n) is 7.64. The monoisotopic (exact) mass is 642 g/mol. The largest absolute Gasteiger partial charge is 0.309 e. The molecule has 2 aromatic heterocycles. The second-order valence-corrected chi connectivity index (χ2v) is 13.6. The van der Waals surface area contributed by atoms with Gasteiger partial charge in [-0.05, 0) is 65.5 Å².